The lowest BCUT2D eigenvalue weighted by Gasteiger charge is -2.10. The average Bonchev–Trinajstić information content (AvgIpc) is 3.67. The van der Waals surface area contributed by atoms with Gasteiger partial charge >= 0.3 is 0 Å². The van der Waals surface area contributed by atoms with Gasteiger partial charge < -0.3 is 0 Å². The van der Waals surface area contributed by atoms with Gasteiger partial charge in [-0.1, -0.05) is 140 Å². The van der Waals surface area contributed by atoms with Crippen LogP contribution in [0.4, 0.5) is 0 Å². The Morgan fingerprint density at radius 3 is 1.48 bits per heavy atom. The molecule has 6 aromatic carbocycles. The van der Waals surface area contributed by atoms with E-state index in [9.17, 15) is 0 Å². The fourth-order valence-electron chi connectivity index (χ4n) is 6.34. The Kier molecular flexibility index (Phi) is 6.28. The minimum atomic E-state index is 0.651. The second kappa shape index (κ2) is 10.9. The van der Waals surface area contributed by atoms with Crippen molar-refractivity contribution in [2.75, 3.05) is 0 Å². The number of aromatic nitrogens is 4. The van der Waals surface area contributed by atoms with Crippen LogP contribution in [0.15, 0.2) is 158 Å². The highest BCUT2D eigenvalue weighted by Gasteiger charge is 2.21. The lowest BCUT2D eigenvalue weighted by molar-refractivity contribution is 1.07. The molecule has 0 bridgehead atoms. The number of thiazole rings is 1. The molecule has 5 heteroatoms. The van der Waals surface area contributed by atoms with Crippen molar-refractivity contribution in [3.8, 4) is 56.4 Å². The third-order valence-electron chi connectivity index (χ3n) is 8.48. The van der Waals surface area contributed by atoms with E-state index in [4.69, 9.17) is 15.0 Å². The molecule has 0 aliphatic rings. The van der Waals surface area contributed by atoms with E-state index in [2.05, 4.69) is 101 Å². The van der Waals surface area contributed by atoms with Crippen LogP contribution >= 0.6 is 11.3 Å². The minimum Gasteiger partial charge on any atom is -0.299 e. The van der Waals surface area contributed by atoms with E-state index in [1.807, 2.05) is 72.0 Å². The van der Waals surface area contributed by atoms with Crippen LogP contribution in [0.1, 0.15) is 0 Å². The zero-order valence-electron chi connectivity index (χ0n) is 24.7. The van der Waals surface area contributed by atoms with Crippen molar-refractivity contribution in [2.24, 2.45) is 0 Å². The first-order valence-electron chi connectivity index (χ1n) is 15.3. The van der Waals surface area contributed by atoms with Gasteiger partial charge in [0.25, 0.3) is 0 Å². The number of rotatable bonds is 5. The second-order valence-corrected chi connectivity index (χ2v) is 12.3. The predicted octanol–water partition coefficient (Wildman–Crippen LogP) is 10.8. The van der Waals surface area contributed by atoms with Gasteiger partial charge in [-0.3, -0.25) is 4.40 Å². The molecular formula is C41H26N4S. The molecule has 0 N–H and O–H groups in total. The van der Waals surface area contributed by atoms with Crippen molar-refractivity contribution in [2.45, 2.75) is 0 Å². The molecule has 0 atom stereocenters. The van der Waals surface area contributed by atoms with Crippen LogP contribution in [-0.2, 0) is 0 Å². The SMILES string of the molecule is c1ccc(-c2nc(-c3ccccc3)nc(-c3ccc(-c4c5c(-c6ccccc6)cccc5n5c4sc4ccccc45)cc3)n2)cc1. The van der Waals surface area contributed by atoms with Gasteiger partial charge in [-0.25, -0.2) is 15.0 Å². The molecule has 3 heterocycles. The minimum absolute atomic E-state index is 0.651. The Bertz CT molecular complexity index is 2440. The summed E-state index contributed by atoms with van der Waals surface area (Å²) in [5.74, 6) is 1.97. The van der Waals surface area contributed by atoms with Gasteiger partial charge in [-0.2, -0.15) is 0 Å². The Morgan fingerprint density at radius 1 is 0.391 bits per heavy atom. The molecule has 0 aliphatic heterocycles. The van der Waals surface area contributed by atoms with E-state index in [0.29, 0.717) is 17.5 Å². The molecule has 0 radical (unpaired) electrons. The van der Waals surface area contributed by atoms with Gasteiger partial charge in [0, 0.05) is 27.6 Å². The highest BCUT2D eigenvalue weighted by atomic mass is 32.1. The lowest BCUT2D eigenvalue weighted by Crippen LogP contribution is -2.00. The molecule has 0 unspecified atom stereocenters. The average molecular weight is 607 g/mol. The normalized spacial score (nSPS) is 11.5. The van der Waals surface area contributed by atoms with Gasteiger partial charge in [-0.05, 0) is 34.9 Å². The van der Waals surface area contributed by atoms with Crippen molar-refractivity contribution in [1.29, 1.82) is 0 Å². The summed E-state index contributed by atoms with van der Waals surface area (Å²) < 4.78 is 3.70. The van der Waals surface area contributed by atoms with E-state index in [1.165, 1.54) is 42.6 Å². The molecule has 0 saturated heterocycles. The Labute approximate surface area is 269 Å². The van der Waals surface area contributed by atoms with Crippen LogP contribution in [0.25, 0.3) is 82.4 Å². The van der Waals surface area contributed by atoms with Gasteiger partial charge in [-0.15, -0.1) is 11.3 Å². The fourth-order valence-corrected chi connectivity index (χ4v) is 7.56. The molecule has 216 valence electrons. The molecule has 0 saturated carbocycles. The van der Waals surface area contributed by atoms with Crippen LogP contribution in [0.2, 0.25) is 0 Å². The maximum atomic E-state index is 4.95. The molecule has 46 heavy (non-hydrogen) atoms. The van der Waals surface area contributed by atoms with Crippen molar-refractivity contribution in [3.05, 3.63) is 158 Å². The first-order valence-corrected chi connectivity index (χ1v) is 16.1. The topological polar surface area (TPSA) is 43.1 Å². The molecule has 9 rings (SSSR count). The third-order valence-corrected chi connectivity index (χ3v) is 9.62. The predicted molar refractivity (Wildman–Crippen MR) is 191 cm³/mol. The monoisotopic (exact) mass is 606 g/mol. The standard InChI is InChI=1S/C41H26N4S/c1-4-13-27(14-5-1)32-19-12-21-34-37(32)36(41-45(34)33-20-10-11-22-35(33)46-41)28-23-25-31(26-24-28)40-43-38(29-15-6-2-7-16-29)42-39(44-40)30-17-8-3-9-18-30/h1-26H. The Morgan fingerprint density at radius 2 is 0.870 bits per heavy atom. The third kappa shape index (κ3) is 4.40. The van der Waals surface area contributed by atoms with Gasteiger partial charge in [0.05, 0.1) is 15.7 Å². The molecule has 0 fully saturated rings. The summed E-state index contributed by atoms with van der Waals surface area (Å²) in [7, 11) is 0. The Hall–Kier alpha value is -5.91. The smallest absolute Gasteiger partial charge is 0.164 e. The number of hydrogen-bond donors (Lipinski definition) is 0. The van der Waals surface area contributed by atoms with Gasteiger partial charge in [0.2, 0.25) is 0 Å². The fraction of sp³-hybridized carbons (Fsp3) is 0. The first kappa shape index (κ1) is 26.5. The first-order chi connectivity index (χ1) is 22.8. The number of fused-ring (bicyclic) bond motifs is 5. The zero-order chi connectivity index (χ0) is 30.5. The summed E-state index contributed by atoms with van der Waals surface area (Å²) >= 11 is 1.84. The number of nitrogens with zero attached hydrogens (tertiary/aromatic N) is 4. The maximum absolute atomic E-state index is 4.95. The molecule has 3 aromatic heterocycles. The van der Waals surface area contributed by atoms with Crippen molar-refractivity contribution < 1.29 is 0 Å². The summed E-state index contributed by atoms with van der Waals surface area (Å²) in [6.45, 7) is 0. The number of hydrogen-bond acceptors (Lipinski definition) is 4. The molecule has 0 amide bonds. The van der Waals surface area contributed by atoms with Crippen LogP contribution < -0.4 is 0 Å². The molecule has 9 aromatic rings. The van der Waals surface area contributed by atoms with E-state index >= 15 is 0 Å². The molecule has 0 aliphatic carbocycles. The highest BCUT2D eigenvalue weighted by molar-refractivity contribution is 7.24. The Balaban J connectivity index is 1.24. The second-order valence-electron chi connectivity index (χ2n) is 11.3. The van der Waals surface area contributed by atoms with E-state index in [-0.39, 0.29) is 0 Å². The van der Waals surface area contributed by atoms with E-state index < -0.39 is 0 Å². The number of benzene rings is 6. The van der Waals surface area contributed by atoms with Crippen LogP contribution in [0.3, 0.4) is 0 Å². The number of para-hydroxylation sites is 1. The molecule has 4 nitrogen and oxygen atoms in total. The maximum Gasteiger partial charge on any atom is 0.164 e. The quantitative estimate of drug-likeness (QED) is 0.196. The van der Waals surface area contributed by atoms with Crippen molar-refractivity contribution in [3.63, 3.8) is 0 Å². The van der Waals surface area contributed by atoms with Crippen molar-refractivity contribution >= 4 is 37.3 Å². The van der Waals surface area contributed by atoms with E-state index in [1.54, 1.807) is 0 Å². The molecular weight excluding hydrogens is 581 g/mol. The summed E-state index contributed by atoms with van der Waals surface area (Å²) in [5.41, 5.74) is 10.1. The van der Waals surface area contributed by atoms with Gasteiger partial charge in [0.15, 0.2) is 17.5 Å². The van der Waals surface area contributed by atoms with Gasteiger partial charge in [0.1, 0.15) is 4.83 Å². The van der Waals surface area contributed by atoms with E-state index in [0.717, 1.165) is 22.3 Å². The van der Waals surface area contributed by atoms with Crippen molar-refractivity contribution in [1.82, 2.24) is 19.4 Å². The summed E-state index contributed by atoms with van der Waals surface area (Å²) in [4.78, 5) is 16.0. The molecule has 0 spiro atoms. The summed E-state index contributed by atoms with van der Waals surface area (Å²) in [6, 6.07) is 54.9. The zero-order valence-corrected chi connectivity index (χ0v) is 25.5. The lowest BCUT2D eigenvalue weighted by atomic mass is 9.96. The van der Waals surface area contributed by atoms with Crippen LogP contribution in [0.5, 0.6) is 0 Å². The van der Waals surface area contributed by atoms with Crippen LogP contribution in [0, 0.1) is 0 Å². The summed E-state index contributed by atoms with van der Waals surface area (Å²) in [5, 5.41) is 1.26. The summed E-state index contributed by atoms with van der Waals surface area (Å²) in [6.07, 6.45) is 0. The largest absolute Gasteiger partial charge is 0.299 e. The van der Waals surface area contributed by atoms with Crippen LogP contribution in [-0.4, -0.2) is 19.4 Å². The highest BCUT2D eigenvalue weighted by Crippen LogP contribution is 2.45.